The number of benzene rings is 1. The van der Waals surface area contributed by atoms with Crippen molar-refractivity contribution in [3.63, 3.8) is 0 Å². The van der Waals surface area contributed by atoms with Crippen molar-refractivity contribution in [1.82, 2.24) is 14.7 Å². The molecule has 3 amide bonds. The highest BCUT2D eigenvalue weighted by Crippen LogP contribution is 2.15. The first kappa shape index (κ1) is 15.8. The lowest BCUT2D eigenvalue weighted by Crippen LogP contribution is -2.41. The molecule has 5 nitrogen and oxygen atoms in total. The highest BCUT2D eigenvalue weighted by atomic mass is 35.5. The summed E-state index contributed by atoms with van der Waals surface area (Å²) in [5, 5.41) is 0.703. The van der Waals surface area contributed by atoms with E-state index in [2.05, 4.69) is 0 Å². The van der Waals surface area contributed by atoms with Gasteiger partial charge in [-0.3, -0.25) is 14.6 Å². The van der Waals surface area contributed by atoms with Crippen molar-refractivity contribution in [2.75, 3.05) is 20.3 Å². The zero-order chi connectivity index (χ0) is 15.6. The minimum atomic E-state index is -0.210. The summed E-state index contributed by atoms with van der Waals surface area (Å²) in [6.07, 6.45) is 0. The quantitative estimate of drug-likeness (QED) is 0.785. The minimum Gasteiger partial charge on any atom is -0.302 e. The summed E-state index contributed by atoms with van der Waals surface area (Å²) in [5.41, 5.74) is 1.11. The van der Waals surface area contributed by atoms with Crippen LogP contribution >= 0.6 is 11.6 Å². The van der Waals surface area contributed by atoms with Gasteiger partial charge in [0.2, 0.25) is 0 Å². The molecule has 1 aromatic carbocycles. The highest BCUT2D eigenvalue weighted by molar-refractivity contribution is 6.30. The Morgan fingerprint density at radius 3 is 2.38 bits per heavy atom. The van der Waals surface area contributed by atoms with E-state index in [1.54, 1.807) is 4.90 Å². The van der Waals surface area contributed by atoms with Gasteiger partial charge >= 0.3 is 6.03 Å². The van der Waals surface area contributed by atoms with Crippen LogP contribution < -0.4 is 0 Å². The van der Waals surface area contributed by atoms with Crippen LogP contribution in [-0.2, 0) is 11.3 Å². The number of rotatable bonds is 5. The maximum Gasteiger partial charge on any atom is 0.328 e. The second kappa shape index (κ2) is 6.45. The molecule has 0 atom stereocenters. The lowest BCUT2D eigenvalue weighted by molar-refractivity contribution is -0.126. The van der Waals surface area contributed by atoms with E-state index in [1.807, 2.05) is 50.1 Å². The van der Waals surface area contributed by atoms with Gasteiger partial charge in [-0.1, -0.05) is 23.7 Å². The smallest absolute Gasteiger partial charge is 0.302 e. The average Bonchev–Trinajstić information content (AvgIpc) is 2.67. The van der Waals surface area contributed by atoms with E-state index in [4.69, 9.17) is 11.6 Å². The number of carbonyl (C=O) groups excluding carboxylic acids is 2. The number of carbonyl (C=O) groups is 2. The van der Waals surface area contributed by atoms with Crippen LogP contribution in [0.4, 0.5) is 4.79 Å². The number of halogens is 1. The van der Waals surface area contributed by atoms with E-state index in [-0.39, 0.29) is 24.5 Å². The Balaban J connectivity index is 1.94. The molecule has 0 spiro atoms. The van der Waals surface area contributed by atoms with Gasteiger partial charge in [-0.2, -0.15) is 0 Å². The van der Waals surface area contributed by atoms with Crippen LogP contribution in [0.2, 0.25) is 5.02 Å². The molecule has 1 aliphatic rings. The first-order chi connectivity index (χ1) is 9.88. The normalized spacial score (nSPS) is 15.7. The van der Waals surface area contributed by atoms with Crippen LogP contribution in [0, 0.1) is 0 Å². The number of amides is 3. The van der Waals surface area contributed by atoms with E-state index >= 15 is 0 Å². The third kappa shape index (κ3) is 3.74. The Morgan fingerprint density at radius 1 is 1.24 bits per heavy atom. The van der Waals surface area contributed by atoms with Gasteiger partial charge in [-0.05, 0) is 38.6 Å². The Hall–Kier alpha value is -1.59. The van der Waals surface area contributed by atoms with Gasteiger partial charge in [0, 0.05) is 17.6 Å². The van der Waals surface area contributed by atoms with Crippen molar-refractivity contribution in [3.05, 3.63) is 34.9 Å². The predicted molar refractivity (Wildman–Crippen MR) is 81.9 cm³/mol. The van der Waals surface area contributed by atoms with Crippen molar-refractivity contribution in [3.8, 4) is 0 Å². The number of hydrogen-bond donors (Lipinski definition) is 0. The molecule has 0 N–H and O–H groups in total. The summed E-state index contributed by atoms with van der Waals surface area (Å²) >= 11 is 5.86. The van der Waals surface area contributed by atoms with Crippen LogP contribution in [0.25, 0.3) is 0 Å². The van der Waals surface area contributed by atoms with E-state index in [0.717, 1.165) is 5.56 Å². The summed E-state index contributed by atoms with van der Waals surface area (Å²) in [6.45, 7) is 4.96. The number of hydrogen-bond acceptors (Lipinski definition) is 3. The zero-order valence-corrected chi connectivity index (χ0v) is 13.3. The second-order valence-corrected chi connectivity index (χ2v) is 6.06. The minimum absolute atomic E-state index is 0.100. The van der Waals surface area contributed by atoms with Crippen LogP contribution in [0.3, 0.4) is 0 Å². The van der Waals surface area contributed by atoms with Gasteiger partial charge in [0.05, 0.1) is 6.67 Å². The lowest BCUT2D eigenvalue weighted by atomic mass is 10.2. The van der Waals surface area contributed by atoms with Gasteiger partial charge in [0.1, 0.15) is 6.54 Å². The first-order valence-electron chi connectivity index (χ1n) is 6.92. The largest absolute Gasteiger partial charge is 0.328 e. The van der Waals surface area contributed by atoms with Crippen molar-refractivity contribution < 1.29 is 9.59 Å². The standard InChI is InChI=1S/C15H20ClN3O2/c1-11(2)19-14(20)9-18(15(19)21)10-17(3)8-12-4-6-13(16)7-5-12/h4-7,11H,8-10H2,1-3H3. The number of urea groups is 1. The summed E-state index contributed by atoms with van der Waals surface area (Å²) < 4.78 is 0. The van der Waals surface area contributed by atoms with Crippen molar-refractivity contribution in [1.29, 1.82) is 0 Å². The molecule has 0 aliphatic carbocycles. The first-order valence-corrected chi connectivity index (χ1v) is 7.30. The van der Waals surface area contributed by atoms with Crippen LogP contribution in [0.5, 0.6) is 0 Å². The molecule has 21 heavy (non-hydrogen) atoms. The average molecular weight is 310 g/mol. The zero-order valence-electron chi connectivity index (χ0n) is 12.5. The van der Waals surface area contributed by atoms with Crippen molar-refractivity contribution in [2.45, 2.75) is 26.4 Å². The fourth-order valence-corrected chi connectivity index (χ4v) is 2.55. The van der Waals surface area contributed by atoms with Gasteiger partial charge < -0.3 is 4.90 Å². The molecule has 1 saturated heterocycles. The Kier molecular flexibility index (Phi) is 4.85. The summed E-state index contributed by atoms with van der Waals surface area (Å²) in [4.78, 5) is 28.9. The fourth-order valence-electron chi connectivity index (χ4n) is 2.43. The molecule has 1 heterocycles. The van der Waals surface area contributed by atoms with E-state index in [1.165, 1.54) is 4.90 Å². The molecule has 2 rings (SSSR count). The van der Waals surface area contributed by atoms with Gasteiger partial charge in [-0.25, -0.2) is 4.79 Å². The number of imide groups is 1. The molecule has 0 bridgehead atoms. The predicted octanol–water partition coefficient (Wildman–Crippen LogP) is 2.40. The molecule has 1 aromatic rings. The molecule has 0 saturated carbocycles. The lowest BCUT2D eigenvalue weighted by Gasteiger charge is -2.24. The SMILES string of the molecule is CC(C)N1C(=O)CN(CN(C)Cc2ccc(Cl)cc2)C1=O. The fraction of sp³-hybridized carbons (Fsp3) is 0.467. The third-order valence-electron chi connectivity index (χ3n) is 3.37. The maximum absolute atomic E-state index is 12.2. The molecule has 114 valence electrons. The Labute approximate surface area is 130 Å². The van der Waals surface area contributed by atoms with Crippen molar-refractivity contribution >= 4 is 23.5 Å². The summed E-state index contributed by atoms with van der Waals surface area (Å²) in [6, 6.07) is 7.28. The monoisotopic (exact) mass is 309 g/mol. The molecule has 0 unspecified atom stereocenters. The summed E-state index contributed by atoms with van der Waals surface area (Å²) in [7, 11) is 1.92. The van der Waals surface area contributed by atoms with Crippen molar-refractivity contribution in [2.24, 2.45) is 0 Å². The van der Waals surface area contributed by atoms with Crippen LogP contribution in [0.1, 0.15) is 19.4 Å². The van der Waals surface area contributed by atoms with Gasteiger partial charge in [0.25, 0.3) is 5.91 Å². The second-order valence-electron chi connectivity index (χ2n) is 5.62. The van der Waals surface area contributed by atoms with E-state index in [9.17, 15) is 9.59 Å². The van der Waals surface area contributed by atoms with Crippen LogP contribution in [-0.4, -0.2) is 52.9 Å². The molecule has 6 heteroatoms. The molecule has 1 fully saturated rings. The Bertz CT molecular complexity index is 530. The number of nitrogens with zero attached hydrogens (tertiary/aromatic N) is 3. The van der Waals surface area contributed by atoms with Crippen LogP contribution in [0.15, 0.2) is 24.3 Å². The van der Waals surface area contributed by atoms with Gasteiger partial charge in [0.15, 0.2) is 0 Å². The molecule has 0 aromatic heterocycles. The summed E-state index contributed by atoms with van der Waals surface area (Å²) in [5.74, 6) is -0.130. The molecular weight excluding hydrogens is 290 g/mol. The maximum atomic E-state index is 12.2. The third-order valence-corrected chi connectivity index (χ3v) is 3.62. The molecule has 1 aliphatic heterocycles. The molecule has 0 radical (unpaired) electrons. The topological polar surface area (TPSA) is 43.9 Å². The van der Waals surface area contributed by atoms with E-state index < -0.39 is 0 Å². The Morgan fingerprint density at radius 2 is 1.86 bits per heavy atom. The van der Waals surface area contributed by atoms with Gasteiger partial charge in [-0.15, -0.1) is 0 Å². The molecular formula is C15H20ClN3O2. The van der Waals surface area contributed by atoms with E-state index in [0.29, 0.717) is 18.2 Å². The highest BCUT2D eigenvalue weighted by Gasteiger charge is 2.37.